The minimum absolute atomic E-state index is 0.140. The number of rotatable bonds is 2. The van der Waals surface area contributed by atoms with E-state index < -0.39 is 0 Å². The topological polar surface area (TPSA) is 71.3 Å². The van der Waals surface area contributed by atoms with Gasteiger partial charge in [-0.25, -0.2) is 4.98 Å². The number of hydrogen-bond donors (Lipinski definition) is 1. The second-order valence-corrected chi connectivity index (χ2v) is 4.39. The van der Waals surface area contributed by atoms with Crippen molar-refractivity contribution in [1.82, 2.24) is 10.3 Å². The van der Waals surface area contributed by atoms with Crippen LogP contribution in [0.5, 0.6) is 0 Å². The summed E-state index contributed by atoms with van der Waals surface area (Å²) in [6.45, 7) is 6.33. The summed E-state index contributed by atoms with van der Waals surface area (Å²) in [6, 6.07) is 1.94. The van der Waals surface area contributed by atoms with Crippen molar-refractivity contribution in [3.05, 3.63) is 27.9 Å². The molecule has 0 spiro atoms. The van der Waals surface area contributed by atoms with Crippen LogP contribution >= 0.6 is 0 Å². The van der Waals surface area contributed by atoms with Gasteiger partial charge in [0.25, 0.3) is 5.69 Å². The number of nitrogens with zero attached hydrogens (tertiary/aromatic N) is 3. The highest BCUT2D eigenvalue weighted by Crippen LogP contribution is 2.23. The SMILES string of the molecule is Cc1cnc(N2CCNC(C)C2)cc1[N+](=O)[O-]. The highest BCUT2D eigenvalue weighted by Gasteiger charge is 2.20. The number of pyridine rings is 1. The molecule has 1 aliphatic heterocycles. The average molecular weight is 236 g/mol. The van der Waals surface area contributed by atoms with E-state index in [0.717, 1.165) is 19.6 Å². The third kappa shape index (κ3) is 2.52. The Morgan fingerprint density at radius 1 is 1.65 bits per heavy atom. The van der Waals surface area contributed by atoms with Gasteiger partial charge in [0, 0.05) is 37.4 Å². The molecule has 6 heteroatoms. The first kappa shape index (κ1) is 11.8. The van der Waals surface area contributed by atoms with E-state index in [1.165, 1.54) is 0 Å². The van der Waals surface area contributed by atoms with Crippen molar-refractivity contribution in [1.29, 1.82) is 0 Å². The maximum atomic E-state index is 10.9. The third-order valence-electron chi connectivity index (χ3n) is 2.95. The lowest BCUT2D eigenvalue weighted by Crippen LogP contribution is -2.49. The number of nitro groups is 1. The minimum atomic E-state index is -0.355. The van der Waals surface area contributed by atoms with Crippen LogP contribution in [0.15, 0.2) is 12.3 Å². The van der Waals surface area contributed by atoms with Crippen molar-refractivity contribution in [3.8, 4) is 0 Å². The predicted molar refractivity (Wildman–Crippen MR) is 65.3 cm³/mol. The maximum absolute atomic E-state index is 10.9. The first-order valence-electron chi connectivity index (χ1n) is 5.67. The summed E-state index contributed by atoms with van der Waals surface area (Å²) in [6.07, 6.45) is 1.57. The van der Waals surface area contributed by atoms with Crippen molar-refractivity contribution >= 4 is 11.5 Å². The molecule has 17 heavy (non-hydrogen) atoms. The fourth-order valence-corrected chi connectivity index (χ4v) is 2.01. The highest BCUT2D eigenvalue weighted by molar-refractivity contribution is 5.51. The molecule has 0 aliphatic carbocycles. The Balaban J connectivity index is 2.26. The first-order valence-corrected chi connectivity index (χ1v) is 5.67. The second-order valence-electron chi connectivity index (χ2n) is 4.39. The van der Waals surface area contributed by atoms with Gasteiger partial charge in [-0.2, -0.15) is 0 Å². The lowest BCUT2D eigenvalue weighted by Gasteiger charge is -2.32. The van der Waals surface area contributed by atoms with Crippen LogP contribution in [0, 0.1) is 17.0 Å². The van der Waals surface area contributed by atoms with E-state index in [9.17, 15) is 10.1 Å². The fraction of sp³-hybridized carbons (Fsp3) is 0.545. The molecule has 0 amide bonds. The quantitative estimate of drug-likeness (QED) is 0.615. The van der Waals surface area contributed by atoms with Crippen LogP contribution in [-0.2, 0) is 0 Å². The van der Waals surface area contributed by atoms with Crippen LogP contribution in [0.1, 0.15) is 12.5 Å². The standard InChI is InChI=1S/C11H16N4O2/c1-8-6-13-11(5-10(8)15(16)17)14-4-3-12-9(2)7-14/h5-6,9,12H,3-4,7H2,1-2H3. The lowest BCUT2D eigenvalue weighted by molar-refractivity contribution is -0.385. The Hall–Kier alpha value is -1.69. The Morgan fingerprint density at radius 2 is 2.41 bits per heavy atom. The Morgan fingerprint density at radius 3 is 3.06 bits per heavy atom. The zero-order valence-electron chi connectivity index (χ0n) is 10.0. The Labute approximate surface area is 99.8 Å². The molecule has 2 rings (SSSR count). The molecule has 0 saturated carbocycles. The van der Waals surface area contributed by atoms with Crippen LogP contribution in [0.3, 0.4) is 0 Å². The first-order chi connectivity index (χ1) is 8.08. The molecular formula is C11H16N4O2. The van der Waals surface area contributed by atoms with Gasteiger partial charge in [-0.1, -0.05) is 0 Å². The zero-order valence-corrected chi connectivity index (χ0v) is 10.0. The molecule has 0 radical (unpaired) electrons. The number of piperazine rings is 1. The summed E-state index contributed by atoms with van der Waals surface area (Å²) in [5, 5.41) is 14.2. The molecule has 92 valence electrons. The molecule has 0 bridgehead atoms. The summed E-state index contributed by atoms with van der Waals surface area (Å²) >= 11 is 0. The minimum Gasteiger partial charge on any atom is -0.354 e. The molecule has 2 heterocycles. The largest absolute Gasteiger partial charge is 0.354 e. The maximum Gasteiger partial charge on any atom is 0.277 e. The summed E-state index contributed by atoms with van der Waals surface area (Å²) in [5.74, 6) is 0.690. The molecule has 0 aromatic carbocycles. The van der Waals surface area contributed by atoms with E-state index in [2.05, 4.69) is 22.1 Å². The van der Waals surface area contributed by atoms with Gasteiger partial charge in [-0.15, -0.1) is 0 Å². The van der Waals surface area contributed by atoms with Crippen LogP contribution in [0.4, 0.5) is 11.5 Å². The fourth-order valence-electron chi connectivity index (χ4n) is 2.01. The Kier molecular flexibility index (Phi) is 3.23. The van der Waals surface area contributed by atoms with Gasteiger partial charge in [-0.05, 0) is 13.8 Å². The predicted octanol–water partition coefficient (Wildman–Crippen LogP) is 1.10. The molecule has 1 N–H and O–H groups in total. The summed E-state index contributed by atoms with van der Waals surface area (Å²) in [7, 11) is 0. The summed E-state index contributed by atoms with van der Waals surface area (Å²) in [5.41, 5.74) is 0.739. The smallest absolute Gasteiger partial charge is 0.277 e. The zero-order chi connectivity index (χ0) is 12.4. The van der Waals surface area contributed by atoms with E-state index in [-0.39, 0.29) is 10.6 Å². The number of anilines is 1. The van der Waals surface area contributed by atoms with Gasteiger partial charge in [-0.3, -0.25) is 10.1 Å². The van der Waals surface area contributed by atoms with Gasteiger partial charge in [0.2, 0.25) is 0 Å². The summed E-state index contributed by atoms with van der Waals surface area (Å²) < 4.78 is 0. The van der Waals surface area contributed by atoms with Crippen molar-refractivity contribution < 1.29 is 4.92 Å². The molecule has 1 unspecified atom stereocenters. The average Bonchev–Trinajstić information content (AvgIpc) is 2.29. The molecule has 1 aliphatic rings. The Bertz CT molecular complexity index is 435. The number of hydrogen-bond acceptors (Lipinski definition) is 5. The van der Waals surface area contributed by atoms with E-state index in [4.69, 9.17) is 0 Å². The van der Waals surface area contributed by atoms with Crippen LogP contribution in [0.25, 0.3) is 0 Å². The number of nitrogens with one attached hydrogen (secondary N) is 1. The summed E-state index contributed by atoms with van der Waals surface area (Å²) in [4.78, 5) is 16.9. The molecule has 1 saturated heterocycles. The van der Waals surface area contributed by atoms with Gasteiger partial charge in [0.15, 0.2) is 0 Å². The molecule has 1 aromatic rings. The van der Waals surface area contributed by atoms with Crippen LogP contribution in [0.2, 0.25) is 0 Å². The second kappa shape index (κ2) is 4.67. The number of aryl methyl sites for hydroxylation is 1. The van der Waals surface area contributed by atoms with E-state index in [0.29, 0.717) is 17.4 Å². The highest BCUT2D eigenvalue weighted by atomic mass is 16.6. The molecule has 6 nitrogen and oxygen atoms in total. The molecule has 1 aromatic heterocycles. The van der Waals surface area contributed by atoms with Crippen LogP contribution in [-0.4, -0.2) is 35.6 Å². The van der Waals surface area contributed by atoms with Crippen molar-refractivity contribution in [2.45, 2.75) is 19.9 Å². The van der Waals surface area contributed by atoms with Crippen LogP contribution < -0.4 is 10.2 Å². The van der Waals surface area contributed by atoms with Crippen molar-refractivity contribution in [3.63, 3.8) is 0 Å². The van der Waals surface area contributed by atoms with Gasteiger partial charge in [0.1, 0.15) is 5.82 Å². The lowest BCUT2D eigenvalue weighted by atomic mass is 10.2. The normalized spacial score (nSPS) is 20.4. The monoisotopic (exact) mass is 236 g/mol. The van der Waals surface area contributed by atoms with Gasteiger partial charge >= 0.3 is 0 Å². The molecule has 1 atom stereocenters. The van der Waals surface area contributed by atoms with Gasteiger partial charge < -0.3 is 10.2 Å². The van der Waals surface area contributed by atoms with Crippen molar-refractivity contribution in [2.75, 3.05) is 24.5 Å². The van der Waals surface area contributed by atoms with E-state index in [1.807, 2.05) is 0 Å². The van der Waals surface area contributed by atoms with E-state index >= 15 is 0 Å². The third-order valence-corrected chi connectivity index (χ3v) is 2.95. The van der Waals surface area contributed by atoms with E-state index in [1.54, 1.807) is 19.2 Å². The van der Waals surface area contributed by atoms with Gasteiger partial charge in [0.05, 0.1) is 11.0 Å². The number of aromatic nitrogens is 1. The van der Waals surface area contributed by atoms with Crippen molar-refractivity contribution in [2.24, 2.45) is 0 Å². The molecular weight excluding hydrogens is 220 g/mol. The molecule has 1 fully saturated rings.